The first-order valence-corrected chi connectivity index (χ1v) is 15.0. The number of ketones is 1. The lowest BCUT2D eigenvalue weighted by Crippen LogP contribution is -2.53. The summed E-state index contributed by atoms with van der Waals surface area (Å²) in [5, 5.41) is 13.7. The molecule has 1 aromatic heterocycles. The molecule has 2 atom stereocenters. The predicted octanol–water partition coefficient (Wildman–Crippen LogP) is 4.66. The van der Waals surface area contributed by atoms with Crippen molar-refractivity contribution in [2.75, 3.05) is 0 Å². The number of Topliss-reactive ketones (excluding diaryl/α,β-unsaturated/α-hetero) is 1. The third kappa shape index (κ3) is 9.32. The lowest BCUT2D eigenvalue weighted by atomic mass is 9.98. The zero-order chi connectivity index (χ0) is 31.5. The molecule has 0 bridgehead atoms. The second kappa shape index (κ2) is 15.6. The van der Waals surface area contributed by atoms with Crippen LogP contribution in [0.4, 0.5) is 4.79 Å². The summed E-state index contributed by atoms with van der Waals surface area (Å²) in [5.74, 6) is -0.411. The Balaban J connectivity index is 1.43. The first kappa shape index (κ1) is 32.1. The largest absolute Gasteiger partial charge is 0.445 e. The van der Waals surface area contributed by atoms with E-state index in [1.165, 1.54) is 4.80 Å². The van der Waals surface area contributed by atoms with Crippen molar-refractivity contribution in [3.05, 3.63) is 96.8 Å². The molecule has 0 aliphatic carbocycles. The standard InChI is InChI=1S/C34H40N6O4/c1-24(2)19-30(36-33(42)31(20-25(3)4)37-34(43)44-22-26-11-7-5-8-12-26)32(41)21-40-38-35-23-39(40)29-17-15-28(16-18-29)27-13-9-6-10-14-27/h5-18,23-25,30-31H,19-22H2,1-4H3,(H-,36,37,42,43)/p+1/t30-,31-/m0/s1. The van der Waals surface area contributed by atoms with E-state index in [4.69, 9.17) is 4.74 Å². The maximum atomic E-state index is 13.6. The molecule has 0 saturated heterocycles. The summed E-state index contributed by atoms with van der Waals surface area (Å²) in [6, 6.07) is 25.6. The lowest BCUT2D eigenvalue weighted by Gasteiger charge is -2.24. The summed E-state index contributed by atoms with van der Waals surface area (Å²) >= 11 is 0. The molecule has 3 aromatic carbocycles. The number of tetrazole rings is 1. The van der Waals surface area contributed by atoms with E-state index < -0.39 is 24.1 Å². The van der Waals surface area contributed by atoms with Crippen LogP contribution in [0.1, 0.15) is 46.1 Å². The van der Waals surface area contributed by atoms with Gasteiger partial charge in [0.05, 0.1) is 6.04 Å². The molecule has 44 heavy (non-hydrogen) atoms. The quantitative estimate of drug-likeness (QED) is 0.204. The van der Waals surface area contributed by atoms with Gasteiger partial charge >= 0.3 is 6.09 Å². The van der Waals surface area contributed by atoms with Crippen LogP contribution in [-0.4, -0.2) is 45.0 Å². The fraction of sp³-hybridized carbons (Fsp3) is 0.353. The van der Waals surface area contributed by atoms with Gasteiger partial charge in [-0.15, -0.1) is 4.68 Å². The van der Waals surface area contributed by atoms with Crippen LogP contribution in [0, 0.1) is 11.8 Å². The predicted molar refractivity (Wildman–Crippen MR) is 166 cm³/mol. The summed E-state index contributed by atoms with van der Waals surface area (Å²) in [5.41, 5.74) is 3.81. The Morgan fingerprint density at radius 1 is 0.773 bits per heavy atom. The van der Waals surface area contributed by atoms with Crippen LogP contribution in [0.2, 0.25) is 0 Å². The third-order valence-electron chi connectivity index (χ3n) is 7.04. The Morgan fingerprint density at radius 3 is 2.00 bits per heavy atom. The fourth-order valence-corrected chi connectivity index (χ4v) is 4.85. The normalized spacial score (nSPS) is 12.5. The lowest BCUT2D eigenvalue weighted by molar-refractivity contribution is -0.689. The molecule has 10 nitrogen and oxygen atoms in total. The molecule has 2 N–H and O–H groups in total. The fourth-order valence-electron chi connectivity index (χ4n) is 4.85. The number of hydrogen-bond donors (Lipinski definition) is 2. The summed E-state index contributed by atoms with van der Waals surface area (Å²) < 4.78 is 7.05. The molecule has 0 spiro atoms. The highest BCUT2D eigenvalue weighted by molar-refractivity contribution is 5.92. The minimum Gasteiger partial charge on any atom is -0.445 e. The van der Waals surface area contributed by atoms with E-state index in [9.17, 15) is 14.4 Å². The average Bonchev–Trinajstić information content (AvgIpc) is 3.48. The van der Waals surface area contributed by atoms with Gasteiger partial charge in [-0.3, -0.25) is 9.59 Å². The van der Waals surface area contributed by atoms with Gasteiger partial charge in [0.2, 0.25) is 5.91 Å². The Hall–Kier alpha value is -4.86. The van der Waals surface area contributed by atoms with Crippen molar-refractivity contribution in [3.8, 4) is 16.8 Å². The summed E-state index contributed by atoms with van der Waals surface area (Å²) in [7, 11) is 0. The van der Waals surface area contributed by atoms with Gasteiger partial charge in [0.25, 0.3) is 6.33 Å². The number of amides is 2. The molecule has 1 heterocycles. The minimum absolute atomic E-state index is 0.0873. The Kier molecular flexibility index (Phi) is 11.3. The van der Waals surface area contributed by atoms with Crippen LogP contribution in [-0.2, 0) is 27.5 Å². The molecule has 0 fully saturated rings. The average molecular weight is 598 g/mol. The highest BCUT2D eigenvalue weighted by Gasteiger charge is 2.30. The van der Waals surface area contributed by atoms with E-state index in [0.717, 1.165) is 22.4 Å². The third-order valence-corrected chi connectivity index (χ3v) is 7.04. The van der Waals surface area contributed by atoms with Crippen LogP contribution in [0.3, 0.4) is 0 Å². The van der Waals surface area contributed by atoms with Gasteiger partial charge in [-0.05, 0) is 58.3 Å². The van der Waals surface area contributed by atoms with Crippen molar-refractivity contribution in [1.29, 1.82) is 0 Å². The number of nitrogens with one attached hydrogen (secondary N) is 2. The molecule has 0 unspecified atom stereocenters. The Morgan fingerprint density at radius 2 is 1.36 bits per heavy atom. The van der Waals surface area contributed by atoms with Gasteiger partial charge in [-0.2, -0.15) is 0 Å². The van der Waals surface area contributed by atoms with E-state index in [0.29, 0.717) is 12.8 Å². The second-order valence-corrected chi connectivity index (χ2v) is 11.7. The monoisotopic (exact) mass is 597 g/mol. The van der Waals surface area contributed by atoms with Crippen LogP contribution in [0.25, 0.3) is 16.8 Å². The Labute approximate surface area is 258 Å². The SMILES string of the molecule is CC(C)C[C@H](NC(=O)[C@H](CC(C)C)NC(=O)OCc1ccccc1)C(=O)Cn1nnc[n+]1-c1ccc(-c2ccccc2)cc1. The van der Waals surface area contributed by atoms with Crippen LogP contribution >= 0.6 is 0 Å². The van der Waals surface area contributed by atoms with Crippen molar-refractivity contribution in [2.24, 2.45) is 11.8 Å². The van der Waals surface area contributed by atoms with E-state index in [1.54, 1.807) is 11.0 Å². The van der Waals surface area contributed by atoms with Crippen molar-refractivity contribution >= 4 is 17.8 Å². The van der Waals surface area contributed by atoms with Crippen LogP contribution in [0.15, 0.2) is 91.3 Å². The van der Waals surface area contributed by atoms with Gasteiger partial charge in [0.15, 0.2) is 17.5 Å². The minimum atomic E-state index is -0.861. The molecule has 4 aromatic rings. The van der Waals surface area contributed by atoms with Crippen molar-refractivity contribution in [3.63, 3.8) is 0 Å². The van der Waals surface area contributed by atoms with Gasteiger partial charge in [0.1, 0.15) is 23.4 Å². The molecule has 0 aliphatic heterocycles. The molecule has 230 valence electrons. The smallest absolute Gasteiger partial charge is 0.408 e. The van der Waals surface area contributed by atoms with Gasteiger partial charge < -0.3 is 15.4 Å². The van der Waals surface area contributed by atoms with Crippen molar-refractivity contribution in [1.82, 2.24) is 25.7 Å². The number of nitrogens with zero attached hydrogens (tertiary/aromatic N) is 4. The molecule has 0 aliphatic rings. The maximum absolute atomic E-state index is 13.6. The topological polar surface area (TPSA) is 119 Å². The first-order chi connectivity index (χ1) is 21.2. The molecule has 0 radical (unpaired) electrons. The van der Waals surface area contributed by atoms with E-state index in [2.05, 4.69) is 20.9 Å². The van der Waals surface area contributed by atoms with Gasteiger partial charge in [0, 0.05) is 0 Å². The number of hydrogen-bond acceptors (Lipinski definition) is 6. The number of carbonyl (C=O) groups excluding carboxylic acids is 3. The summed E-state index contributed by atoms with van der Waals surface area (Å²) in [6.45, 7) is 7.89. The van der Waals surface area contributed by atoms with E-state index in [1.807, 2.05) is 113 Å². The van der Waals surface area contributed by atoms with Crippen molar-refractivity contribution in [2.45, 2.75) is 65.8 Å². The van der Waals surface area contributed by atoms with Gasteiger partial charge in [-0.1, -0.05) is 100 Å². The number of aromatic nitrogens is 4. The Bertz CT molecular complexity index is 1500. The highest BCUT2D eigenvalue weighted by atomic mass is 16.5. The highest BCUT2D eigenvalue weighted by Crippen LogP contribution is 2.19. The number of carbonyl (C=O) groups is 3. The van der Waals surface area contributed by atoms with Crippen LogP contribution < -0.4 is 15.3 Å². The number of rotatable bonds is 14. The molecule has 0 saturated carbocycles. The van der Waals surface area contributed by atoms with Crippen LogP contribution in [0.5, 0.6) is 0 Å². The molecule has 10 heteroatoms. The molecular formula is C34H41N6O4+. The van der Waals surface area contributed by atoms with Gasteiger partial charge in [-0.25, -0.2) is 4.79 Å². The summed E-state index contributed by atoms with van der Waals surface area (Å²) in [6.07, 6.45) is 1.67. The molecular weight excluding hydrogens is 556 g/mol. The number of benzene rings is 3. The number of ether oxygens (including phenoxy) is 1. The zero-order valence-corrected chi connectivity index (χ0v) is 25.7. The maximum Gasteiger partial charge on any atom is 0.408 e. The van der Waals surface area contributed by atoms with Crippen molar-refractivity contribution < 1.29 is 23.8 Å². The molecule has 2 amide bonds. The summed E-state index contributed by atoms with van der Waals surface area (Å²) in [4.78, 5) is 41.1. The van der Waals surface area contributed by atoms with E-state index >= 15 is 0 Å². The first-order valence-electron chi connectivity index (χ1n) is 15.0. The zero-order valence-electron chi connectivity index (χ0n) is 25.7. The molecule has 4 rings (SSSR count). The second-order valence-electron chi connectivity index (χ2n) is 11.7. The van der Waals surface area contributed by atoms with E-state index in [-0.39, 0.29) is 30.8 Å². The number of alkyl carbamates (subject to hydrolysis) is 1.